The lowest BCUT2D eigenvalue weighted by Crippen LogP contribution is -2.14. The molecule has 0 bridgehead atoms. The highest BCUT2D eigenvalue weighted by Gasteiger charge is 2.08. The second kappa shape index (κ2) is 6.51. The molecule has 0 aliphatic rings. The van der Waals surface area contributed by atoms with Gasteiger partial charge >= 0.3 is 0 Å². The highest BCUT2D eigenvalue weighted by molar-refractivity contribution is 5.95. The van der Waals surface area contributed by atoms with Crippen LogP contribution < -0.4 is 5.32 Å². The van der Waals surface area contributed by atoms with Gasteiger partial charge in [0.25, 0.3) is 0 Å². The molecule has 21 heavy (non-hydrogen) atoms. The van der Waals surface area contributed by atoms with Crippen LogP contribution in [0.5, 0.6) is 0 Å². The largest absolute Gasteiger partial charge is 0.313 e. The van der Waals surface area contributed by atoms with Gasteiger partial charge in [0.1, 0.15) is 0 Å². The maximum atomic E-state index is 4.46. The molecule has 0 aliphatic heterocycles. The minimum absolute atomic E-state index is 0.903. The third-order valence-corrected chi connectivity index (χ3v) is 3.70. The first-order chi connectivity index (χ1) is 10.4. The summed E-state index contributed by atoms with van der Waals surface area (Å²) in [4.78, 5) is 4.46. The van der Waals surface area contributed by atoms with Gasteiger partial charge in [0.2, 0.25) is 0 Å². The molecule has 0 atom stereocenters. The second-order valence-electron chi connectivity index (χ2n) is 5.21. The van der Waals surface area contributed by atoms with Crippen LogP contribution in [0.4, 0.5) is 0 Å². The van der Waals surface area contributed by atoms with E-state index in [2.05, 4.69) is 65.8 Å². The Morgan fingerprint density at radius 1 is 0.905 bits per heavy atom. The van der Waals surface area contributed by atoms with E-state index >= 15 is 0 Å². The zero-order valence-electron chi connectivity index (χ0n) is 12.3. The SMILES string of the molecule is CCCNCc1ccccc1-c1cccc2ncccc12. The zero-order chi connectivity index (χ0) is 14.5. The Labute approximate surface area is 125 Å². The quantitative estimate of drug-likeness (QED) is 0.699. The molecule has 2 aromatic carbocycles. The summed E-state index contributed by atoms with van der Waals surface area (Å²) in [6, 6.07) is 19.1. The number of nitrogens with zero attached hydrogens (tertiary/aromatic N) is 1. The average molecular weight is 276 g/mol. The molecule has 0 unspecified atom stereocenters. The molecule has 106 valence electrons. The summed E-state index contributed by atoms with van der Waals surface area (Å²) in [5.41, 5.74) is 4.93. The lowest BCUT2D eigenvalue weighted by Gasteiger charge is -2.12. The fourth-order valence-corrected chi connectivity index (χ4v) is 2.68. The summed E-state index contributed by atoms with van der Waals surface area (Å²) >= 11 is 0. The van der Waals surface area contributed by atoms with E-state index in [4.69, 9.17) is 0 Å². The van der Waals surface area contributed by atoms with Crippen LogP contribution in [0, 0.1) is 0 Å². The predicted octanol–water partition coefficient (Wildman–Crippen LogP) is 4.40. The Bertz CT molecular complexity index is 729. The first-order valence-corrected chi connectivity index (χ1v) is 7.53. The van der Waals surface area contributed by atoms with Crippen LogP contribution in [0.25, 0.3) is 22.0 Å². The standard InChI is InChI=1S/C19H20N2/c1-2-12-20-14-15-7-3-4-8-16(15)17-9-5-11-19-18(17)10-6-13-21-19/h3-11,13,20H,2,12,14H2,1H3. The van der Waals surface area contributed by atoms with Gasteiger partial charge in [-0.25, -0.2) is 0 Å². The van der Waals surface area contributed by atoms with Gasteiger partial charge in [-0.3, -0.25) is 4.98 Å². The molecule has 3 rings (SSSR count). The van der Waals surface area contributed by atoms with Crippen molar-refractivity contribution in [3.63, 3.8) is 0 Å². The highest BCUT2D eigenvalue weighted by Crippen LogP contribution is 2.30. The van der Waals surface area contributed by atoms with E-state index in [1.807, 2.05) is 12.3 Å². The van der Waals surface area contributed by atoms with Crippen molar-refractivity contribution in [2.24, 2.45) is 0 Å². The summed E-state index contributed by atoms with van der Waals surface area (Å²) in [5, 5.41) is 4.71. The summed E-state index contributed by atoms with van der Waals surface area (Å²) in [6.45, 7) is 4.14. The predicted molar refractivity (Wildman–Crippen MR) is 89.2 cm³/mol. The van der Waals surface area contributed by atoms with E-state index in [1.54, 1.807) is 0 Å². The van der Waals surface area contributed by atoms with Crippen LogP contribution in [0.3, 0.4) is 0 Å². The van der Waals surface area contributed by atoms with Crippen molar-refractivity contribution in [1.82, 2.24) is 10.3 Å². The topological polar surface area (TPSA) is 24.9 Å². The Morgan fingerprint density at radius 3 is 2.67 bits per heavy atom. The molecule has 0 aliphatic carbocycles. The Balaban J connectivity index is 2.06. The van der Waals surface area contributed by atoms with E-state index in [0.29, 0.717) is 0 Å². The molecular weight excluding hydrogens is 256 g/mol. The number of rotatable bonds is 5. The Kier molecular flexibility index (Phi) is 4.27. The van der Waals surface area contributed by atoms with Crippen LogP contribution >= 0.6 is 0 Å². The smallest absolute Gasteiger partial charge is 0.0708 e. The van der Waals surface area contributed by atoms with Crippen LogP contribution in [0.15, 0.2) is 60.8 Å². The molecule has 2 heteroatoms. The molecular formula is C19H20N2. The number of fused-ring (bicyclic) bond motifs is 1. The average Bonchev–Trinajstić information content (AvgIpc) is 2.55. The third kappa shape index (κ3) is 2.96. The van der Waals surface area contributed by atoms with Gasteiger partial charge < -0.3 is 5.32 Å². The minimum atomic E-state index is 0.903. The molecule has 1 aromatic heterocycles. The molecule has 1 N–H and O–H groups in total. The molecule has 0 saturated heterocycles. The van der Waals surface area contributed by atoms with Crippen molar-refractivity contribution in [3.8, 4) is 11.1 Å². The summed E-state index contributed by atoms with van der Waals surface area (Å²) in [5.74, 6) is 0. The second-order valence-corrected chi connectivity index (χ2v) is 5.21. The molecule has 0 saturated carbocycles. The van der Waals surface area contributed by atoms with Gasteiger partial charge in [0.15, 0.2) is 0 Å². The Morgan fingerprint density at radius 2 is 1.76 bits per heavy atom. The number of hydrogen-bond acceptors (Lipinski definition) is 2. The van der Waals surface area contributed by atoms with E-state index < -0.39 is 0 Å². The van der Waals surface area contributed by atoms with Gasteiger partial charge in [0, 0.05) is 18.1 Å². The van der Waals surface area contributed by atoms with Gasteiger partial charge in [-0.2, -0.15) is 0 Å². The molecule has 0 radical (unpaired) electrons. The number of pyridine rings is 1. The number of nitrogens with one attached hydrogen (secondary N) is 1. The normalized spacial score (nSPS) is 10.9. The number of benzene rings is 2. The minimum Gasteiger partial charge on any atom is -0.313 e. The molecule has 0 spiro atoms. The lowest BCUT2D eigenvalue weighted by molar-refractivity contribution is 0.676. The van der Waals surface area contributed by atoms with Crippen molar-refractivity contribution in [2.45, 2.75) is 19.9 Å². The van der Waals surface area contributed by atoms with Crippen molar-refractivity contribution in [3.05, 3.63) is 66.4 Å². The molecule has 0 fully saturated rings. The van der Waals surface area contributed by atoms with Gasteiger partial charge in [-0.1, -0.05) is 49.4 Å². The first-order valence-electron chi connectivity index (χ1n) is 7.53. The van der Waals surface area contributed by atoms with Crippen LogP contribution in [-0.4, -0.2) is 11.5 Å². The lowest BCUT2D eigenvalue weighted by atomic mass is 9.96. The first kappa shape index (κ1) is 13.8. The number of aromatic nitrogens is 1. The molecule has 2 nitrogen and oxygen atoms in total. The van der Waals surface area contributed by atoms with Gasteiger partial charge in [0.05, 0.1) is 5.52 Å². The number of hydrogen-bond donors (Lipinski definition) is 1. The third-order valence-electron chi connectivity index (χ3n) is 3.70. The van der Waals surface area contributed by atoms with E-state index in [-0.39, 0.29) is 0 Å². The van der Waals surface area contributed by atoms with E-state index in [1.165, 1.54) is 22.1 Å². The van der Waals surface area contributed by atoms with E-state index in [9.17, 15) is 0 Å². The molecule has 0 amide bonds. The highest BCUT2D eigenvalue weighted by atomic mass is 14.8. The Hall–Kier alpha value is -2.19. The van der Waals surface area contributed by atoms with E-state index in [0.717, 1.165) is 25.0 Å². The van der Waals surface area contributed by atoms with Gasteiger partial charge in [-0.15, -0.1) is 0 Å². The monoisotopic (exact) mass is 276 g/mol. The summed E-state index contributed by atoms with van der Waals surface area (Å²) in [6.07, 6.45) is 3.00. The summed E-state index contributed by atoms with van der Waals surface area (Å²) < 4.78 is 0. The van der Waals surface area contributed by atoms with Crippen LogP contribution in [-0.2, 0) is 6.54 Å². The zero-order valence-corrected chi connectivity index (χ0v) is 12.3. The van der Waals surface area contributed by atoms with Crippen molar-refractivity contribution < 1.29 is 0 Å². The van der Waals surface area contributed by atoms with Crippen LogP contribution in [0.1, 0.15) is 18.9 Å². The summed E-state index contributed by atoms with van der Waals surface area (Å²) in [7, 11) is 0. The molecule has 1 heterocycles. The van der Waals surface area contributed by atoms with Crippen molar-refractivity contribution in [2.75, 3.05) is 6.54 Å². The van der Waals surface area contributed by atoms with Gasteiger partial charge in [-0.05, 0) is 41.8 Å². The fourth-order valence-electron chi connectivity index (χ4n) is 2.68. The fraction of sp³-hybridized carbons (Fsp3) is 0.211. The van der Waals surface area contributed by atoms with Crippen molar-refractivity contribution >= 4 is 10.9 Å². The maximum Gasteiger partial charge on any atom is 0.0708 e. The van der Waals surface area contributed by atoms with Crippen molar-refractivity contribution in [1.29, 1.82) is 0 Å². The maximum absolute atomic E-state index is 4.46. The molecule has 3 aromatic rings. The van der Waals surface area contributed by atoms with Crippen LogP contribution in [0.2, 0.25) is 0 Å².